The van der Waals surface area contributed by atoms with E-state index >= 15 is 0 Å². The fraction of sp³-hybridized carbons (Fsp3) is 0.394. The SMILES string of the molecule is CCCCNC(=O)[C@H](C)N(Cc1ccccc1C)C(=O)CN(c1ccc(C(C)C)cc1)S(=O)(=O)c1ccc(C)cc1. The van der Waals surface area contributed by atoms with Crippen LogP contribution in [-0.4, -0.2) is 44.3 Å². The van der Waals surface area contributed by atoms with Gasteiger partial charge in [0.25, 0.3) is 10.0 Å². The average molecular weight is 578 g/mol. The number of benzene rings is 3. The third-order valence-corrected chi connectivity index (χ3v) is 9.12. The van der Waals surface area contributed by atoms with Crippen LogP contribution < -0.4 is 9.62 Å². The highest BCUT2D eigenvalue weighted by atomic mass is 32.2. The number of rotatable bonds is 13. The first-order valence-electron chi connectivity index (χ1n) is 14.3. The quantitative estimate of drug-likeness (QED) is 0.254. The number of hydrogen-bond donors (Lipinski definition) is 1. The van der Waals surface area contributed by atoms with Crippen molar-refractivity contribution in [2.24, 2.45) is 0 Å². The van der Waals surface area contributed by atoms with Crippen LogP contribution in [0.1, 0.15) is 68.7 Å². The summed E-state index contributed by atoms with van der Waals surface area (Å²) in [7, 11) is -4.09. The van der Waals surface area contributed by atoms with Crippen LogP contribution in [0.3, 0.4) is 0 Å². The first-order valence-corrected chi connectivity index (χ1v) is 15.7. The number of nitrogens with zero attached hydrogens (tertiary/aromatic N) is 2. The number of nitrogens with one attached hydrogen (secondary N) is 1. The zero-order valence-electron chi connectivity index (χ0n) is 25.1. The molecule has 0 fully saturated rings. The van der Waals surface area contributed by atoms with Gasteiger partial charge in [0.2, 0.25) is 11.8 Å². The summed E-state index contributed by atoms with van der Waals surface area (Å²) in [6.45, 7) is 11.9. The van der Waals surface area contributed by atoms with E-state index in [-0.39, 0.29) is 23.3 Å². The number of carbonyl (C=O) groups excluding carboxylic acids is 2. The summed E-state index contributed by atoms with van der Waals surface area (Å²) in [6, 6.07) is 20.7. The first-order chi connectivity index (χ1) is 19.4. The summed E-state index contributed by atoms with van der Waals surface area (Å²) in [5.41, 5.74) is 4.26. The molecule has 220 valence electrons. The number of aryl methyl sites for hydroxylation is 2. The molecule has 0 heterocycles. The van der Waals surface area contributed by atoms with Gasteiger partial charge in [0.05, 0.1) is 10.6 Å². The van der Waals surface area contributed by atoms with E-state index in [2.05, 4.69) is 19.2 Å². The molecule has 0 aromatic heterocycles. The molecular formula is C33H43N3O4S. The maximum Gasteiger partial charge on any atom is 0.264 e. The summed E-state index contributed by atoms with van der Waals surface area (Å²) in [4.78, 5) is 28.7. The number of carbonyl (C=O) groups is 2. The van der Waals surface area contributed by atoms with Gasteiger partial charge in [0.1, 0.15) is 12.6 Å². The van der Waals surface area contributed by atoms with Crippen molar-refractivity contribution in [3.63, 3.8) is 0 Å². The van der Waals surface area contributed by atoms with Crippen LogP contribution in [0.4, 0.5) is 5.69 Å². The van der Waals surface area contributed by atoms with Crippen LogP contribution in [0, 0.1) is 13.8 Å². The van der Waals surface area contributed by atoms with Gasteiger partial charge in [-0.1, -0.05) is 81.3 Å². The Morgan fingerprint density at radius 1 is 0.878 bits per heavy atom. The van der Waals surface area contributed by atoms with Gasteiger partial charge in [-0.15, -0.1) is 0 Å². The first kappa shape index (κ1) is 31.9. The van der Waals surface area contributed by atoms with Crippen LogP contribution >= 0.6 is 0 Å². The molecule has 0 saturated heterocycles. The van der Waals surface area contributed by atoms with Gasteiger partial charge in [-0.3, -0.25) is 13.9 Å². The van der Waals surface area contributed by atoms with E-state index in [0.717, 1.165) is 39.4 Å². The molecule has 0 unspecified atom stereocenters. The fourth-order valence-electron chi connectivity index (χ4n) is 4.48. The standard InChI is InChI=1S/C33H43N3O4S/c1-7-8-21-34-33(38)27(6)35(22-29-12-10-9-11-26(29)5)32(37)23-36(30-17-15-28(16-18-30)24(2)3)41(39,40)31-19-13-25(4)14-20-31/h9-20,24,27H,7-8,21-23H2,1-6H3,(H,34,38)/t27-/m0/s1. The van der Waals surface area contributed by atoms with Crippen molar-refractivity contribution < 1.29 is 18.0 Å². The van der Waals surface area contributed by atoms with E-state index in [1.807, 2.05) is 57.2 Å². The molecule has 3 aromatic carbocycles. The Bertz CT molecular complexity index is 1420. The van der Waals surface area contributed by atoms with Crippen molar-refractivity contribution in [2.45, 2.75) is 77.8 Å². The predicted octanol–water partition coefficient (Wildman–Crippen LogP) is 5.96. The van der Waals surface area contributed by atoms with Crippen molar-refractivity contribution in [1.82, 2.24) is 10.2 Å². The molecule has 0 aliphatic heterocycles. The second-order valence-electron chi connectivity index (χ2n) is 10.8. The molecular weight excluding hydrogens is 534 g/mol. The Hall–Kier alpha value is -3.65. The molecule has 3 rings (SSSR count). The summed E-state index contributed by atoms with van der Waals surface area (Å²) in [5.74, 6) is -0.464. The van der Waals surface area contributed by atoms with Crippen molar-refractivity contribution in [3.05, 3.63) is 95.1 Å². The zero-order chi connectivity index (χ0) is 30.2. The highest BCUT2D eigenvalue weighted by molar-refractivity contribution is 7.92. The minimum atomic E-state index is -4.09. The summed E-state index contributed by atoms with van der Waals surface area (Å²) in [6.07, 6.45) is 1.76. The molecule has 3 aromatic rings. The molecule has 2 amide bonds. The van der Waals surface area contributed by atoms with Crippen LogP contribution in [0.2, 0.25) is 0 Å². The predicted molar refractivity (Wildman–Crippen MR) is 165 cm³/mol. The van der Waals surface area contributed by atoms with E-state index in [9.17, 15) is 18.0 Å². The second kappa shape index (κ2) is 14.3. The normalized spacial score (nSPS) is 12.2. The number of anilines is 1. The largest absolute Gasteiger partial charge is 0.354 e. The monoisotopic (exact) mass is 577 g/mol. The Labute approximate surface area is 245 Å². The topological polar surface area (TPSA) is 86.8 Å². The van der Waals surface area contributed by atoms with Crippen molar-refractivity contribution >= 4 is 27.5 Å². The van der Waals surface area contributed by atoms with E-state index in [0.29, 0.717) is 12.2 Å². The number of sulfonamides is 1. The van der Waals surface area contributed by atoms with Crippen LogP contribution in [0.15, 0.2) is 77.7 Å². The van der Waals surface area contributed by atoms with Crippen molar-refractivity contribution in [2.75, 3.05) is 17.4 Å². The second-order valence-corrected chi connectivity index (χ2v) is 12.7. The number of amides is 2. The number of hydrogen-bond acceptors (Lipinski definition) is 4. The number of unbranched alkanes of at least 4 members (excludes halogenated alkanes) is 1. The Balaban J connectivity index is 2.03. The van der Waals surface area contributed by atoms with Crippen LogP contribution in [0.25, 0.3) is 0 Å². The highest BCUT2D eigenvalue weighted by Crippen LogP contribution is 2.27. The van der Waals surface area contributed by atoms with Crippen molar-refractivity contribution in [3.8, 4) is 0 Å². The molecule has 7 nitrogen and oxygen atoms in total. The van der Waals surface area contributed by atoms with Crippen LogP contribution in [-0.2, 0) is 26.2 Å². The molecule has 0 bridgehead atoms. The van der Waals surface area contributed by atoms with Gasteiger partial charge in [-0.05, 0) is 74.1 Å². The molecule has 0 radical (unpaired) electrons. The van der Waals surface area contributed by atoms with Crippen molar-refractivity contribution in [1.29, 1.82) is 0 Å². The van der Waals surface area contributed by atoms with Gasteiger partial charge in [0, 0.05) is 13.1 Å². The summed E-state index contributed by atoms with van der Waals surface area (Å²) < 4.78 is 29.1. The summed E-state index contributed by atoms with van der Waals surface area (Å²) in [5, 5.41) is 2.92. The van der Waals surface area contributed by atoms with E-state index in [4.69, 9.17) is 0 Å². The third kappa shape index (κ3) is 8.19. The lowest BCUT2D eigenvalue weighted by atomic mass is 10.0. The van der Waals surface area contributed by atoms with Crippen LogP contribution in [0.5, 0.6) is 0 Å². The molecule has 1 atom stereocenters. The molecule has 8 heteroatoms. The molecule has 1 N–H and O–H groups in total. The lowest BCUT2D eigenvalue weighted by molar-refractivity contribution is -0.139. The smallest absolute Gasteiger partial charge is 0.264 e. The maximum absolute atomic E-state index is 14.1. The minimum absolute atomic E-state index is 0.0969. The van der Waals surface area contributed by atoms with Gasteiger partial charge in [-0.2, -0.15) is 0 Å². The van der Waals surface area contributed by atoms with Gasteiger partial charge in [-0.25, -0.2) is 8.42 Å². The molecule has 0 spiro atoms. The third-order valence-electron chi connectivity index (χ3n) is 7.33. The molecule has 0 saturated carbocycles. The lowest BCUT2D eigenvalue weighted by Gasteiger charge is -2.32. The highest BCUT2D eigenvalue weighted by Gasteiger charge is 2.32. The molecule has 41 heavy (non-hydrogen) atoms. The Kier molecular flexibility index (Phi) is 11.1. The maximum atomic E-state index is 14.1. The van der Waals surface area contributed by atoms with E-state index < -0.39 is 28.5 Å². The fourth-order valence-corrected chi connectivity index (χ4v) is 5.90. The summed E-state index contributed by atoms with van der Waals surface area (Å²) >= 11 is 0. The van der Waals surface area contributed by atoms with Gasteiger partial charge >= 0.3 is 0 Å². The molecule has 0 aliphatic carbocycles. The average Bonchev–Trinajstić information content (AvgIpc) is 2.95. The Morgan fingerprint density at radius 2 is 1.51 bits per heavy atom. The minimum Gasteiger partial charge on any atom is -0.354 e. The molecule has 0 aliphatic rings. The lowest BCUT2D eigenvalue weighted by Crippen LogP contribution is -2.51. The van der Waals surface area contributed by atoms with E-state index in [1.54, 1.807) is 43.3 Å². The van der Waals surface area contributed by atoms with Gasteiger partial charge in [0.15, 0.2) is 0 Å². The van der Waals surface area contributed by atoms with Gasteiger partial charge < -0.3 is 10.2 Å². The Morgan fingerprint density at radius 3 is 2.10 bits per heavy atom. The van der Waals surface area contributed by atoms with E-state index in [1.165, 1.54) is 4.90 Å². The zero-order valence-corrected chi connectivity index (χ0v) is 25.9.